The number of hydrogen-bond acceptors (Lipinski definition) is 3. The first-order valence-electron chi connectivity index (χ1n) is 4.45. The average molecular weight is 337 g/mol. The minimum atomic E-state index is -0.865. The minimum Gasteiger partial charge on any atom is -0.480 e. The molecule has 0 aliphatic rings. The van der Waals surface area contributed by atoms with Crippen molar-refractivity contribution in [3.05, 3.63) is 33.4 Å². The molecule has 0 spiro atoms. The normalized spacial score (nSPS) is 12.4. The molecule has 0 heterocycles. The molecule has 82 valence electrons. The minimum absolute atomic E-state index is 0.291. The van der Waals surface area contributed by atoms with Gasteiger partial charge in [0.15, 0.2) is 0 Å². The van der Waals surface area contributed by atoms with E-state index in [1.807, 2.05) is 24.3 Å². The first-order valence-corrected chi connectivity index (χ1v) is 6.16. The van der Waals surface area contributed by atoms with Crippen LogP contribution < -0.4 is 5.32 Å². The van der Waals surface area contributed by atoms with E-state index in [9.17, 15) is 4.79 Å². The highest BCUT2D eigenvalue weighted by atomic mass is 127. The van der Waals surface area contributed by atoms with Gasteiger partial charge in [-0.2, -0.15) is 12.6 Å². The maximum atomic E-state index is 10.7. The SMILES string of the molecule is O=C(O)[C@H](CS)NCc1ccc(I)cc1. The third-order valence-corrected chi connectivity index (χ3v) is 3.03. The Bertz CT molecular complexity index is 329. The molecule has 15 heavy (non-hydrogen) atoms. The van der Waals surface area contributed by atoms with E-state index >= 15 is 0 Å². The number of nitrogens with one attached hydrogen (secondary N) is 1. The van der Waals surface area contributed by atoms with Gasteiger partial charge in [-0.25, -0.2) is 0 Å². The molecule has 0 saturated heterocycles. The second-order valence-corrected chi connectivity index (χ2v) is 4.69. The molecule has 0 fully saturated rings. The van der Waals surface area contributed by atoms with Crippen LogP contribution in [0, 0.1) is 3.57 Å². The molecular formula is C10H12INO2S. The third-order valence-electron chi connectivity index (χ3n) is 1.95. The zero-order chi connectivity index (χ0) is 11.3. The lowest BCUT2D eigenvalue weighted by Gasteiger charge is -2.11. The lowest BCUT2D eigenvalue weighted by molar-refractivity contribution is -0.138. The number of rotatable bonds is 5. The summed E-state index contributed by atoms with van der Waals surface area (Å²) in [4.78, 5) is 10.7. The third kappa shape index (κ3) is 4.40. The number of aliphatic carboxylic acids is 1. The molecule has 0 radical (unpaired) electrons. The largest absolute Gasteiger partial charge is 0.480 e. The molecule has 1 rings (SSSR count). The van der Waals surface area contributed by atoms with Gasteiger partial charge in [0.2, 0.25) is 0 Å². The van der Waals surface area contributed by atoms with Gasteiger partial charge in [0, 0.05) is 15.9 Å². The van der Waals surface area contributed by atoms with Crippen LogP contribution in [0.2, 0.25) is 0 Å². The predicted molar refractivity (Wildman–Crippen MR) is 71.3 cm³/mol. The van der Waals surface area contributed by atoms with E-state index in [1.165, 1.54) is 3.57 Å². The number of thiol groups is 1. The van der Waals surface area contributed by atoms with E-state index < -0.39 is 12.0 Å². The van der Waals surface area contributed by atoms with Crippen LogP contribution in [0.3, 0.4) is 0 Å². The zero-order valence-electron chi connectivity index (χ0n) is 7.98. The lowest BCUT2D eigenvalue weighted by atomic mass is 10.2. The van der Waals surface area contributed by atoms with Gasteiger partial charge in [-0.3, -0.25) is 10.1 Å². The Morgan fingerprint density at radius 3 is 2.53 bits per heavy atom. The van der Waals surface area contributed by atoms with Crippen molar-refractivity contribution < 1.29 is 9.90 Å². The van der Waals surface area contributed by atoms with E-state index in [-0.39, 0.29) is 0 Å². The Balaban J connectivity index is 2.49. The molecule has 0 aliphatic carbocycles. The fraction of sp³-hybridized carbons (Fsp3) is 0.300. The molecule has 0 aliphatic heterocycles. The van der Waals surface area contributed by atoms with E-state index in [4.69, 9.17) is 5.11 Å². The van der Waals surface area contributed by atoms with E-state index in [0.717, 1.165) is 5.56 Å². The van der Waals surface area contributed by atoms with E-state index in [1.54, 1.807) is 0 Å². The number of hydrogen-bond donors (Lipinski definition) is 3. The molecule has 1 aromatic carbocycles. The van der Waals surface area contributed by atoms with Crippen LogP contribution in [0.15, 0.2) is 24.3 Å². The lowest BCUT2D eigenvalue weighted by Crippen LogP contribution is -2.37. The molecule has 1 aromatic rings. The smallest absolute Gasteiger partial charge is 0.321 e. The number of halogens is 1. The van der Waals surface area contributed by atoms with Gasteiger partial charge >= 0.3 is 5.97 Å². The van der Waals surface area contributed by atoms with Crippen LogP contribution in [0.1, 0.15) is 5.56 Å². The summed E-state index contributed by atoms with van der Waals surface area (Å²) in [7, 11) is 0. The van der Waals surface area contributed by atoms with Crippen LogP contribution in [0.5, 0.6) is 0 Å². The quantitative estimate of drug-likeness (QED) is 0.567. The number of carboxylic acid groups (broad SMARTS) is 1. The molecule has 0 unspecified atom stereocenters. The van der Waals surface area contributed by atoms with Gasteiger partial charge in [0.25, 0.3) is 0 Å². The van der Waals surface area contributed by atoms with Crippen LogP contribution in [-0.4, -0.2) is 22.9 Å². The summed E-state index contributed by atoms with van der Waals surface area (Å²) in [5.41, 5.74) is 1.07. The summed E-state index contributed by atoms with van der Waals surface area (Å²) < 4.78 is 1.17. The summed E-state index contributed by atoms with van der Waals surface area (Å²) in [6, 6.07) is 7.35. The Kier molecular flexibility index (Phi) is 5.41. The van der Waals surface area contributed by atoms with Crippen LogP contribution in [-0.2, 0) is 11.3 Å². The molecule has 0 amide bonds. The second-order valence-electron chi connectivity index (χ2n) is 3.08. The van der Waals surface area contributed by atoms with Gasteiger partial charge in [0.1, 0.15) is 6.04 Å². The van der Waals surface area contributed by atoms with Crippen molar-refractivity contribution in [3.8, 4) is 0 Å². The highest BCUT2D eigenvalue weighted by Gasteiger charge is 2.13. The Labute approximate surface area is 108 Å². The molecule has 0 saturated carbocycles. The monoisotopic (exact) mass is 337 g/mol. The van der Waals surface area contributed by atoms with E-state index in [0.29, 0.717) is 12.3 Å². The molecule has 3 nitrogen and oxygen atoms in total. The van der Waals surface area contributed by atoms with E-state index in [2.05, 4.69) is 40.5 Å². The van der Waals surface area contributed by atoms with Gasteiger partial charge < -0.3 is 5.11 Å². The van der Waals surface area contributed by atoms with Gasteiger partial charge in [-0.05, 0) is 40.3 Å². The summed E-state index contributed by atoms with van der Waals surface area (Å²) in [5.74, 6) is -0.574. The van der Waals surface area contributed by atoms with Crippen molar-refractivity contribution in [2.75, 3.05) is 5.75 Å². The Hall–Kier alpha value is -0.270. The van der Waals surface area contributed by atoms with Crippen LogP contribution in [0.4, 0.5) is 0 Å². The molecule has 2 N–H and O–H groups in total. The Morgan fingerprint density at radius 1 is 1.47 bits per heavy atom. The number of carbonyl (C=O) groups is 1. The first-order chi connectivity index (χ1) is 7.13. The molecular weight excluding hydrogens is 325 g/mol. The van der Waals surface area contributed by atoms with Crippen LogP contribution >= 0.6 is 35.2 Å². The molecule has 0 bridgehead atoms. The standard InChI is InChI=1S/C10H12INO2S/c11-8-3-1-7(2-4-8)5-12-9(6-15)10(13)14/h1-4,9,12,15H,5-6H2,(H,13,14)/t9-/m0/s1. The predicted octanol–water partition coefficient (Wildman–Crippen LogP) is 1.76. The first kappa shape index (κ1) is 12.8. The highest BCUT2D eigenvalue weighted by molar-refractivity contribution is 14.1. The van der Waals surface area contributed by atoms with Crippen molar-refractivity contribution in [1.82, 2.24) is 5.32 Å². The van der Waals surface area contributed by atoms with Crippen molar-refractivity contribution in [2.24, 2.45) is 0 Å². The molecule has 5 heteroatoms. The highest BCUT2D eigenvalue weighted by Crippen LogP contribution is 2.06. The van der Waals surface area contributed by atoms with Gasteiger partial charge in [-0.1, -0.05) is 12.1 Å². The second kappa shape index (κ2) is 6.34. The fourth-order valence-electron chi connectivity index (χ4n) is 1.07. The Morgan fingerprint density at radius 2 is 2.07 bits per heavy atom. The fourth-order valence-corrected chi connectivity index (χ4v) is 1.72. The van der Waals surface area contributed by atoms with Gasteiger partial charge in [-0.15, -0.1) is 0 Å². The van der Waals surface area contributed by atoms with Gasteiger partial charge in [0.05, 0.1) is 0 Å². The maximum absolute atomic E-state index is 10.7. The molecule has 1 atom stereocenters. The summed E-state index contributed by atoms with van der Waals surface area (Å²) in [5, 5.41) is 11.7. The van der Waals surface area contributed by atoms with Crippen LogP contribution in [0.25, 0.3) is 0 Å². The van der Waals surface area contributed by atoms with Crippen molar-refractivity contribution >= 4 is 41.2 Å². The van der Waals surface area contributed by atoms with Crippen molar-refractivity contribution in [3.63, 3.8) is 0 Å². The van der Waals surface area contributed by atoms with Crippen molar-refractivity contribution in [2.45, 2.75) is 12.6 Å². The number of benzene rings is 1. The molecule has 0 aromatic heterocycles. The number of carboxylic acids is 1. The topological polar surface area (TPSA) is 49.3 Å². The summed E-state index contributed by atoms with van der Waals surface area (Å²) in [6.07, 6.45) is 0. The summed E-state index contributed by atoms with van der Waals surface area (Å²) in [6.45, 7) is 0.550. The summed E-state index contributed by atoms with van der Waals surface area (Å²) >= 11 is 6.20. The van der Waals surface area contributed by atoms with Crippen molar-refractivity contribution in [1.29, 1.82) is 0 Å². The average Bonchev–Trinajstić information content (AvgIpc) is 2.21. The maximum Gasteiger partial charge on any atom is 0.321 e. The zero-order valence-corrected chi connectivity index (χ0v) is 11.0.